The SMILES string of the molecule is NC(=O)Nc1sc2c(c1C(=O)O)CCN(Cc1ccccc1)C2. The molecule has 0 saturated heterocycles. The lowest BCUT2D eigenvalue weighted by molar-refractivity contribution is 0.0696. The Balaban J connectivity index is 1.83. The van der Waals surface area contributed by atoms with Crippen LogP contribution in [0.15, 0.2) is 30.3 Å². The number of hydrogen-bond acceptors (Lipinski definition) is 4. The lowest BCUT2D eigenvalue weighted by atomic mass is 10.0. The van der Waals surface area contributed by atoms with E-state index in [1.165, 1.54) is 16.9 Å². The van der Waals surface area contributed by atoms with Crippen molar-refractivity contribution in [2.75, 3.05) is 11.9 Å². The first kappa shape index (κ1) is 15.5. The molecule has 0 fully saturated rings. The minimum absolute atomic E-state index is 0.183. The Labute approximate surface area is 137 Å². The van der Waals surface area contributed by atoms with Gasteiger partial charge in [-0.3, -0.25) is 10.2 Å². The molecule has 0 aliphatic carbocycles. The van der Waals surface area contributed by atoms with Gasteiger partial charge in [0.2, 0.25) is 0 Å². The summed E-state index contributed by atoms with van der Waals surface area (Å²) in [5, 5.41) is 12.2. The smallest absolute Gasteiger partial charge is 0.339 e. The van der Waals surface area contributed by atoms with Gasteiger partial charge in [-0.2, -0.15) is 0 Å². The molecule has 3 rings (SSSR count). The number of carbonyl (C=O) groups is 2. The Kier molecular flexibility index (Phi) is 4.31. The van der Waals surface area contributed by atoms with E-state index in [9.17, 15) is 14.7 Å². The largest absolute Gasteiger partial charge is 0.478 e. The van der Waals surface area contributed by atoms with Crippen LogP contribution in [0.4, 0.5) is 9.80 Å². The number of fused-ring (bicyclic) bond motifs is 1. The van der Waals surface area contributed by atoms with Gasteiger partial charge >= 0.3 is 12.0 Å². The number of amides is 2. The molecule has 4 N–H and O–H groups in total. The van der Waals surface area contributed by atoms with E-state index in [1.54, 1.807) is 0 Å². The molecule has 1 aliphatic heterocycles. The highest BCUT2D eigenvalue weighted by atomic mass is 32.1. The zero-order valence-corrected chi connectivity index (χ0v) is 13.2. The zero-order chi connectivity index (χ0) is 16.4. The second-order valence-corrected chi connectivity index (χ2v) is 6.55. The minimum Gasteiger partial charge on any atom is -0.478 e. The molecule has 0 spiro atoms. The molecule has 1 aromatic carbocycles. The average Bonchev–Trinajstić information content (AvgIpc) is 2.84. The van der Waals surface area contributed by atoms with Gasteiger partial charge in [-0.25, -0.2) is 9.59 Å². The standard InChI is InChI=1S/C16H17N3O3S/c17-16(22)18-14-13(15(20)21)11-6-7-19(9-12(11)23-14)8-10-4-2-1-3-5-10/h1-5H,6-9H2,(H,20,21)(H3,17,18,22). The fourth-order valence-corrected chi connectivity index (χ4v) is 4.14. The molecule has 2 amide bonds. The summed E-state index contributed by atoms with van der Waals surface area (Å²) in [6, 6.07) is 9.41. The van der Waals surface area contributed by atoms with Gasteiger partial charge in [-0.05, 0) is 17.5 Å². The summed E-state index contributed by atoms with van der Waals surface area (Å²) in [5.74, 6) is -1.03. The van der Waals surface area contributed by atoms with Gasteiger partial charge in [-0.1, -0.05) is 30.3 Å². The molecule has 1 aromatic heterocycles. The van der Waals surface area contributed by atoms with Gasteiger partial charge < -0.3 is 10.8 Å². The zero-order valence-electron chi connectivity index (χ0n) is 12.4. The third-order valence-electron chi connectivity index (χ3n) is 3.84. The first-order chi connectivity index (χ1) is 11.0. The van der Waals surface area contributed by atoms with Crippen LogP contribution in [0.25, 0.3) is 0 Å². The number of anilines is 1. The number of carboxylic acids is 1. The molecule has 0 atom stereocenters. The van der Waals surface area contributed by atoms with Crippen molar-refractivity contribution >= 4 is 28.3 Å². The topological polar surface area (TPSA) is 95.7 Å². The molecule has 120 valence electrons. The van der Waals surface area contributed by atoms with Gasteiger partial charge in [0.05, 0.1) is 5.56 Å². The van der Waals surface area contributed by atoms with Crippen LogP contribution in [0.3, 0.4) is 0 Å². The first-order valence-corrected chi connectivity index (χ1v) is 8.07. The normalized spacial score (nSPS) is 14.3. The number of nitrogens with two attached hydrogens (primary N) is 1. The predicted octanol–water partition coefficient (Wildman–Crippen LogP) is 2.50. The van der Waals surface area contributed by atoms with Gasteiger partial charge in [0, 0.05) is 24.5 Å². The maximum absolute atomic E-state index is 11.5. The maximum Gasteiger partial charge on any atom is 0.339 e. The first-order valence-electron chi connectivity index (χ1n) is 7.25. The van der Waals surface area contributed by atoms with Crippen molar-refractivity contribution in [1.29, 1.82) is 0 Å². The lowest BCUT2D eigenvalue weighted by Gasteiger charge is -2.26. The van der Waals surface area contributed by atoms with Crippen LogP contribution in [-0.4, -0.2) is 28.6 Å². The van der Waals surface area contributed by atoms with Crippen molar-refractivity contribution in [2.24, 2.45) is 5.73 Å². The van der Waals surface area contributed by atoms with Crippen molar-refractivity contribution in [3.05, 3.63) is 51.9 Å². The fourth-order valence-electron chi connectivity index (χ4n) is 2.86. The van der Waals surface area contributed by atoms with E-state index < -0.39 is 12.0 Å². The van der Waals surface area contributed by atoms with Gasteiger partial charge in [0.1, 0.15) is 5.00 Å². The molecule has 1 aliphatic rings. The summed E-state index contributed by atoms with van der Waals surface area (Å²) < 4.78 is 0. The van der Waals surface area contributed by atoms with Crippen LogP contribution in [0.5, 0.6) is 0 Å². The van der Waals surface area contributed by atoms with Crippen molar-refractivity contribution in [3.8, 4) is 0 Å². The Morgan fingerprint density at radius 3 is 2.70 bits per heavy atom. The molecular formula is C16H17N3O3S. The Morgan fingerprint density at radius 2 is 2.04 bits per heavy atom. The van der Waals surface area contributed by atoms with Crippen LogP contribution >= 0.6 is 11.3 Å². The molecule has 0 unspecified atom stereocenters. The molecule has 7 heteroatoms. The monoisotopic (exact) mass is 331 g/mol. The quantitative estimate of drug-likeness (QED) is 0.802. The van der Waals surface area contributed by atoms with Crippen molar-refractivity contribution in [3.63, 3.8) is 0 Å². The molecular weight excluding hydrogens is 314 g/mol. The summed E-state index contributed by atoms with van der Waals surface area (Å²) in [6.07, 6.45) is 0.654. The van der Waals surface area contributed by atoms with E-state index in [2.05, 4.69) is 22.3 Å². The van der Waals surface area contributed by atoms with Crippen LogP contribution in [0.1, 0.15) is 26.4 Å². The van der Waals surface area contributed by atoms with Crippen LogP contribution in [0, 0.1) is 0 Å². The van der Waals surface area contributed by atoms with Gasteiger partial charge in [-0.15, -0.1) is 11.3 Å². The average molecular weight is 331 g/mol. The minimum atomic E-state index is -1.03. The summed E-state index contributed by atoms with van der Waals surface area (Å²) in [6.45, 7) is 2.28. The number of urea groups is 1. The second kappa shape index (κ2) is 6.39. The predicted molar refractivity (Wildman–Crippen MR) is 88.7 cm³/mol. The summed E-state index contributed by atoms with van der Waals surface area (Å²) >= 11 is 1.30. The van der Waals surface area contributed by atoms with E-state index in [0.29, 0.717) is 18.0 Å². The van der Waals surface area contributed by atoms with E-state index in [1.807, 2.05) is 18.2 Å². The number of carboxylic acid groups (broad SMARTS) is 1. The molecule has 2 heterocycles. The summed E-state index contributed by atoms with van der Waals surface area (Å²) in [7, 11) is 0. The third-order valence-corrected chi connectivity index (χ3v) is 4.97. The van der Waals surface area contributed by atoms with E-state index in [0.717, 1.165) is 23.5 Å². The van der Waals surface area contributed by atoms with Crippen LogP contribution in [-0.2, 0) is 19.5 Å². The number of nitrogens with zero attached hydrogens (tertiary/aromatic N) is 1. The number of primary amides is 1. The maximum atomic E-state index is 11.5. The van der Waals surface area contributed by atoms with Gasteiger partial charge in [0.15, 0.2) is 0 Å². The molecule has 0 saturated carbocycles. The lowest BCUT2D eigenvalue weighted by Crippen LogP contribution is -2.29. The Hall–Kier alpha value is -2.38. The van der Waals surface area contributed by atoms with E-state index >= 15 is 0 Å². The molecule has 2 aromatic rings. The Morgan fingerprint density at radius 1 is 1.30 bits per heavy atom. The highest BCUT2D eigenvalue weighted by Gasteiger charge is 2.28. The summed E-state index contributed by atoms with van der Waals surface area (Å²) in [5.41, 5.74) is 7.36. The molecule has 0 radical (unpaired) electrons. The van der Waals surface area contributed by atoms with Crippen LogP contribution < -0.4 is 11.1 Å². The van der Waals surface area contributed by atoms with Crippen LogP contribution in [0.2, 0.25) is 0 Å². The third kappa shape index (κ3) is 3.35. The molecule has 23 heavy (non-hydrogen) atoms. The number of carbonyl (C=O) groups excluding carboxylic acids is 1. The highest BCUT2D eigenvalue weighted by molar-refractivity contribution is 7.17. The highest BCUT2D eigenvalue weighted by Crippen LogP contribution is 2.37. The van der Waals surface area contributed by atoms with Gasteiger partial charge in [0.25, 0.3) is 0 Å². The fraction of sp³-hybridized carbons (Fsp3) is 0.250. The second-order valence-electron chi connectivity index (χ2n) is 5.45. The van der Waals surface area contributed by atoms with Crippen molar-refractivity contribution < 1.29 is 14.7 Å². The molecule has 6 nitrogen and oxygen atoms in total. The number of nitrogens with one attached hydrogen (secondary N) is 1. The number of rotatable bonds is 4. The van der Waals surface area contributed by atoms with E-state index in [-0.39, 0.29) is 5.56 Å². The molecule has 0 bridgehead atoms. The number of aromatic carboxylic acids is 1. The number of benzene rings is 1. The van der Waals surface area contributed by atoms with Crippen molar-refractivity contribution in [1.82, 2.24) is 4.90 Å². The summed E-state index contributed by atoms with van der Waals surface area (Å²) in [4.78, 5) is 25.8. The number of thiophene rings is 1. The van der Waals surface area contributed by atoms with E-state index in [4.69, 9.17) is 5.73 Å². The number of hydrogen-bond donors (Lipinski definition) is 3. The Bertz CT molecular complexity index is 743. The van der Waals surface area contributed by atoms with Crippen molar-refractivity contribution in [2.45, 2.75) is 19.5 Å².